The molecule has 2 rings (SSSR count). The summed E-state index contributed by atoms with van der Waals surface area (Å²) in [6.07, 6.45) is 9.20. The van der Waals surface area contributed by atoms with Gasteiger partial charge in [-0.1, -0.05) is 13.3 Å². The van der Waals surface area contributed by atoms with E-state index in [1.807, 2.05) is 6.20 Å². The quantitative estimate of drug-likeness (QED) is 0.842. The van der Waals surface area contributed by atoms with E-state index in [1.165, 1.54) is 32.4 Å². The normalized spacial score (nSPS) is 18.8. The van der Waals surface area contributed by atoms with Crippen molar-refractivity contribution < 1.29 is 0 Å². The smallest absolute Gasteiger partial charge is 0.203 e. The highest BCUT2D eigenvalue weighted by Gasteiger charge is 2.14. The van der Waals surface area contributed by atoms with Gasteiger partial charge >= 0.3 is 0 Å². The van der Waals surface area contributed by atoms with Crippen molar-refractivity contribution in [1.29, 1.82) is 0 Å². The van der Waals surface area contributed by atoms with E-state index in [1.54, 1.807) is 0 Å². The fraction of sp³-hybridized carbons (Fsp3) is 0.786. The van der Waals surface area contributed by atoms with Crippen LogP contribution in [0.25, 0.3) is 0 Å². The van der Waals surface area contributed by atoms with Gasteiger partial charge in [0.15, 0.2) is 0 Å². The number of aromatic nitrogens is 2. The standard InChI is InChI=1S/C14H26N4/c1-3-8-18-11-7-15-14(18)16-13(2)12-17-9-5-4-6-10-17/h7,11,13H,3-6,8-10,12H2,1-2H3,(H,15,16). The van der Waals surface area contributed by atoms with Gasteiger partial charge in [-0.25, -0.2) is 4.98 Å². The van der Waals surface area contributed by atoms with Gasteiger partial charge in [-0.2, -0.15) is 0 Å². The molecule has 0 amide bonds. The molecule has 0 aliphatic carbocycles. The van der Waals surface area contributed by atoms with Crippen molar-refractivity contribution in [3.8, 4) is 0 Å². The lowest BCUT2D eigenvalue weighted by atomic mass is 10.1. The maximum Gasteiger partial charge on any atom is 0.203 e. The maximum absolute atomic E-state index is 4.40. The third-order valence-corrected chi connectivity index (χ3v) is 3.54. The van der Waals surface area contributed by atoms with Gasteiger partial charge in [0.05, 0.1) is 0 Å². The molecule has 1 fully saturated rings. The van der Waals surface area contributed by atoms with Crippen molar-refractivity contribution in [3.05, 3.63) is 12.4 Å². The Morgan fingerprint density at radius 2 is 2.11 bits per heavy atom. The molecule has 0 saturated carbocycles. The summed E-state index contributed by atoms with van der Waals surface area (Å²) in [5.74, 6) is 1.02. The number of piperidine rings is 1. The van der Waals surface area contributed by atoms with Gasteiger partial charge < -0.3 is 14.8 Å². The van der Waals surface area contributed by atoms with Crippen molar-refractivity contribution in [1.82, 2.24) is 14.5 Å². The van der Waals surface area contributed by atoms with Crippen LogP contribution in [0.5, 0.6) is 0 Å². The number of imidazole rings is 1. The van der Waals surface area contributed by atoms with E-state index in [2.05, 4.69) is 39.8 Å². The lowest BCUT2D eigenvalue weighted by molar-refractivity contribution is 0.223. The van der Waals surface area contributed by atoms with Crippen molar-refractivity contribution in [3.63, 3.8) is 0 Å². The van der Waals surface area contributed by atoms with E-state index < -0.39 is 0 Å². The fourth-order valence-electron chi connectivity index (χ4n) is 2.67. The van der Waals surface area contributed by atoms with E-state index in [0.29, 0.717) is 6.04 Å². The summed E-state index contributed by atoms with van der Waals surface area (Å²) >= 11 is 0. The zero-order valence-electron chi connectivity index (χ0n) is 11.7. The van der Waals surface area contributed by atoms with E-state index >= 15 is 0 Å². The van der Waals surface area contributed by atoms with Crippen LogP contribution >= 0.6 is 0 Å². The largest absolute Gasteiger partial charge is 0.352 e. The summed E-state index contributed by atoms with van der Waals surface area (Å²) in [4.78, 5) is 6.96. The molecule has 0 aromatic carbocycles. The molecule has 102 valence electrons. The van der Waals surface area contributed by atoms with E-state index in [4.69, 9.17) is 0 Å². The summed E-state index contributed by atoms with van der Waals surface area (Å²) in [7, 11) is 0. The summed E-state index contributed by atoms with van der Waals surface area (Å²) in [5.41, 5.74) is 0. The Morgan fingerprint density at radius 3 is 2.83 bits per heavy atom. The molecule has 1 aliphatic heterocycles. The second-order valence-corrected chi connectivity index (χ2v) is 5.35. The first kappa shape index (κ1) is 13.4. The van der Waals surface area contributed by atoms with Gasteiger partial charge in [0.2, 0.25) is 5.95 Å². The summed E-state index contributed by atoms with van der Waals surface area (Å²) in [6, 6.07) is 0.459. The highest BCUT2D eigenvalue weighted by molar-refractivity contribution is 5.27. The molecule has 1 saturated heterocycles. The molecule has 1 N–H and O–H groups in total. The fourth-order valence-corrected chi connectivity index (χ4v) is 2.67. The van der Waals surface area contributed by atoms with E-state index in [9.17, 15) is 0 Å². The second kappa shape index (κ2) is 6.78. The Hall–Kier alpha value is -1.03. The zero-order chi connectivity index (χ0) is 12.8. The molecule has 0 spiro atoms. The molecule has 4 heteroatoms. The molecule has 1 aromatic heterocycles. The average molecular weight is 250 g/mol. The van der Waals surface area contributed by atoms with Gasteiger partial charge in [-0.3, -0.25) is 0 Å². The van der Waals surface area contributed by atoms with Crippen LogP contribution in [0.15, 0.2) is 12.4 Å². The number of nitrogens with one attached hydrogen (secondary N) is 1. The number of rotatable bonds is 6. The van der Waals surface area contributed by atoms with Gasteiger partial charge in [0.25, 0.3) is 0 Å². The number of hydrogen-bond acceptors (Lipinski definition) is 3. The van der Waals surface area contributed by atoms with E-state index in [-0.39, 0.29) is 0 Å². The number of likely N-dealkylation sites (tertiary alicyclic amines) is 1. The van der Waals surface area contributed by atoms with Crippen LogP contribution < -0.4 is 5.32 Å². The van der Waals surface area contributed by atoms with E-state index in [0.717, 1.165) is 25.5 Å². The monoisotopic (exact) mass is 250 g/mol. The van der Waals surface area contributed by atoms with Gasteiger partial charge in [0.1, 0.15) is 0 Å². The number of hydrogen-bond donors (Lipinski definition) is 1. The summed E-state index contributed by atoms with van der Waals surface area (Å²) in [6.45, 7) is 9.13. The Kier molecular flexibility index (Phi) is 5.05. The molecule has 1 aliphatic rings. The zero-order valence-corrected chi connectivity index (χ0v) is 11.7. The lowest BCUT2D eigenvalue weighted by Crippen LogP contribution is -2.38. The van der Waals surface area contributed by atoms with Crippen molar-refractivity contribution in [2.75, 3.05) is 25.0 Å². The minimum absolute atomic E-state index is 0.459. The highest BCUT2D eigenvalue weighted by atomic mass is 15.2. The highest BCUT2D eigenvalue weighted by Crippen LogP contribution is 2.11. The summed E-state index contributed by atoms with van der Waals surface area (Å²) < 4.78 is 2.20. The Balaban J connectivity index is 1.82. The van der Waals surface area contributed by atoms with Crippen LogP contribution in [0, 0.1) is 0 Å². The topological polar surface area (TPSA) is 33.1 Å². The van der Waals surface area contributed by atoms with Crippen LogP contribution in [0.2, 0.25) is 0 Å². The predicted octanol–water partition coefficient (Wildman–Crippen LogP) is 2.58. The Morgan fingerprint density at radius 1 is 1.33 bits per heavy atom. The maximum atomic E-state index is 4.40. The Labute approximate surface area is 110 Å². The molecular formula is C14H26N4. The molecular weight excluding hydrogens is 224 g/mol. The molecule has 0 radical (unpaired) electrons. The lowest BCUT2D eigenvalue weighted by Gasteiger charge is -2.29. The molecule has 1 aromatic rings. The minimum Gasteiger partial charge on any atom is -0.352 e. The van der Waals surface area contributed by atoms with Crippen LogP contribution in [-0.4, -0.2) is 40.1 Å². The third-order valence-electron chi connectivity index (χ3n) is 3.54. The minimum atomic E-state index is 0.459. The molecule has 1 unspecified atom stereocenters. The predicted molar refractivity (Wildman–Crippen MR) is 75.9 cm³/mol. The number of aryl methyl sites for hydroxylation is 1. The first-order valence-corrected chi connectivity index (χ1v) is 7.29. The average Bonchev–Trinajstić information content (AvgIpc) is 2.78. The van der Waals surface area contributed by atoms with Crippen molar-refractivity contribution in [2.24, 2.45) is 0 Å². The summed E-state index contributed by atoms with van der Waals surface area (Å²) in [5, 5.41) is 3.53. The molecule has 18 heavy (non-hydrogen) atoms. The molecule has 2 heterocycles. The Bertz CT molecular complexity index is 341. The van der Waals surface area contributed by atoms with Crippen LogP contribution in [0.4, 0.5) is 5.95 Å². The molecule has 4 nitrogen and oxygen atoms in total. The second-order valence-electron chi connectivity index (χ2n) is 5.35. The van der Waals surface area contributed by atoms with Crippen LogP contribution in [0.3, 0.4) is 0 Å². The number of nitrogens with zero attached hydrogens (tertiary/aromatic N) is 3. The van der Waals surface area contributed by atoms with Gasteiger partial charge in [-0.15, -0.1) is 0 Å². The van der Waals surface area contributed by atoms with Crippen LogP contribution in [0.1, 0.15) is 39.5 Å². The molecule has 0 bridgehead atoms. The van der Waals surface area contributed by atoms with Gasteiger partial charge in [0, 0.05) is 31.5 Å². The number of anilines is 1. The van der Waals surface area contributed by atoms with Crippen LogP contribution in [-0.2, 0) is 6.54 Å². The van der Waals surface area contributed by atoms with Crippen molar-refractivity contribution >= 4 is 5.95 Å². The SMILES string of the molecule is CCCn1ccnc1NC(C)CN1CCCCC1. The third kappa shape index (κ3) is 3.73. The van der Waals surface area contributed by atoms with Crippen molar-refractivity contribution in [2.45, 2.75) is 52.1 Å². The first-order valence-electron chi connectivity index (χ1n) is 7.29. The molecule has 1 atom stereocenters. The first-order chi connectivity index (χ1) is 8.79. The van der Waals surface area contributed by atoms with Gasteiger partial charge in [-0.05, 0) is 39.3 Å².